The van der Waals surface area contributed by atoms with Gasteiger partial charge in [-0.05, 0) is 25.3 Å². The highest BCUT2D eigenvalue weighted by molar-refractivity contribution is 5.92. The Hall–Kier alpha value is -2.28. The molecule has 0 bridgehead atoms. The number of anilines is 1. The maximum Gasteiger partial charge on any atom is 0.230 e. The fraction of sp³-hybridized carbons (Fsp3) is 0.500. The molecule has 0 radical (unpaired) electrons. The van der Waals surface area contributed by atoms with Crippen molar-refractivity contribution in [2.75, 3.05) is 11.9 Å². The highest BCUT2D eigenvalue weighted by Crippen LogP contribution is 2.38. The lowest BCUT2D eigenvalue weighted by Crippen LogP contribution is -2.26. The van der Waals surface area contributed by atoms with Crippen LogP contribution < -0.4 is 5.32 Å². The number of carbonyl (C=O) groups excluding carboxylic acids is 1. The molecule has 1 amide bonds. The molecule has 2 aromatic rings. The van der Waals surface area contributed by atoms with Crippen molar-refractivity contribution in [3.05, 3.63) is 36.2 Å². The van der Waals surface area contributed by atoms with E-state index in [1.165, 1.54) is 0 Å². The van der Waals surface area contributed by atoms with E-state index in [1.807, 2.05) is 13.1 Å². The molecule has 1 aliphatic heterocycles. The van der Waals surface area contributed by atoms with E-state index < -0.39 is 0 Å². The SMILES string of the molecule is Cn1nccc1[C@@H]1OCC[C@H]1C(=O)Nc1cnc(C2CC2)nc1. The zero-order chi connectivity index (χ0) is 15.8. The standard InChI is InChI=1S/C16H19N5O2/c1-21-13(4-6-19-21)14-12(5-7-23-14)16(22)20-11-8-17-15(18-9-11)10-2-3-10/h4,6,8-10,12,14H,2-3,5,7H2,1H3,(H,20,22)/t12-,14-/m1/s1. The second kappa shape index (κ2) is 5.73. The molecule has 0 spiro atoms. The van der Waals surface area contributed by atoms with E-state index >= 15 is 0 Å². The first-order chi connectivity index (χ1) is 11.2. The zero-order valence-corrected chi connectivity index (χ0v) is 13.0. The summed E-state index contributed by atoms with van der Waals surface area (Å²) < 4.78 is 7.51. The molecule has 0 unspecified atom stereocenters. The van der Waals surface area contributed by atoms with Crippen molar-refractivity contribution in [2.24, 2.45) is 13.0 Å². The van der Waals surface area contributed by atoms with E-state index in [1.54, 1.807) is 23.3 Å². The van der Waals surface area contributed by atoms with Gasteiger partial charge in [0.1, 0.15) is 11.9 Å². The first-order valence-corrected chi connectivity index (χ1v) is 7.94. The third kappa shape index (κ3) is 2.84. The number of rotatable bonds is 4. The number of carbonyl (C=O) groups is 1. The first-order valence-electron chi connectivity index (χ1n) is 7.94. The summed E-state index contributed by atoms with van der Waals surface area (Å²) in [4.78, 5) is 21.3. The number of aromatic nitrogens is 4. The molecule has 1 N–H and O–H groups in total. The van der Waals surface area contributed by atoms with Gasteiger partial charge in [0.15, 0.2) is 0 Å². The van der Waals surface area contributed by atoms with Gasteiger partial charge in [-0.15, -0.1) is 0 Å². The summed E-state index contributed by atoms with van der Waals surface area (Å²) in [6.45, 7) is 0.574. The molecule has 0 aromatic carbocycles. The average molecular weight is 313 g/mol. The van der Waals surface area contributed by atoms with Gasteiger partial charge < -0.3 is 10.1 Å². The van der Waals surface area contributed by atoms with Gasteiger partial charge in [-0.1, -0.05) is 0 Å². The Balaban J connectivity index is 1.46. The number of hydrogen-bond acceptors (Lipinski definition) is 5. The summed E-state index contributed by atoms with van der Waals surface area (Å²) in [6.07, 6.45) is 7.86. The van der Waals surface area contributed by atoms with Crippen LogP contribution in [0.3, 0.4) is 0 Å². The van der Waals surface area contributed by atoms with Crippen LogP contribution in [0.15, 0.2) is 24.7 Å². The third-order valence-corrected chi connectivity index (χ3v) is 4.46. The minimum atomic E-state index is -0.255. The molecule has 3 heterocycles. The van der Waals surface area contributed by atoms with Crippen molar-refractivity contribution in [2.45, 2.75) is 31.3 Å². The highest BCUT2D eigenvalue weighted by atomic mass is 16.5. The number of amides is 1. The third-order valence-electron chi connectivity index (χ3n) is 4.46. The van der Waals surface area contributed by atoms with E-state index in [0.717, 1.165) is 24.4 Å². The number of aryl methyl sites for hydroxylation is 1. The normalized spacial score (nSPS) is 23.9. The van der Waals surface area contributed by atoms with Gasteiger partial charge in [0.25, 0.3) is 0 Å². The van der Waals surface area contributed by atoms with Gasteiger partial charge in [0.2, 0.25) is 5.91 Å². The molecule has 2 aromatic heterocycles. The molecule has 2 aliphatic rings. The monoisotopic (exact) mass is 313 g/mol. The lowest BCUT2D eigenvalue weighted by Gasteiger charge is -2.18. The molecular weight excluding hydrogens is 294 g/mol. The number of nitrogens with zero attached hydrogens (tertiary/aromatic N) is 4. The molecule has 1 aliphatic carbocycles. The van der Waals surface area contributed by atoms with E-state index in [0.29, 0.717) is 24.6 Å². The van der Waals surface area contributed by atoms with Crippen LogP contribution in [-0.4, -0.2) is 32.3 Å². The van der Waals surface area contributed by atoms with Crippen molar-refractivity contribution in [1.82, 2.24) is 19.7 Å². The van der Waals surface area contributed by atoms with Crippen molar-refractivity contribution < 1.29 is 9.53 Å². The molecule has 23 heavy (non-hydrogen) atoms. The molecule has 2 fully saturated rings. The van der Waals surface area contributed by atoms with Crippen LogP contribution in [0.4, 0.5) is 5.69 Å². The van der Waals surface area contributed by atoms with Crippen LogP contribution in [0, 0.1) is 5.92 Å². The topological polar surface area (TPSA) is 81.9 Å². The van der Waals surface area contributed by atoms with Crippen molar-refractivity contribution in [3.8, 4) is 0 Å². The minimum Gasteiger partial charge on any atom is -0.371 e. The molecular formula is C16H19N5O2. The molecule has 1 saturated heterocycles. The quantitative estimate of drug-likeness (QED) is 0.931. The summed E-state index contributed by atoms with van der Waals surface area (Å²) in [7, 11) is 1.86. The number of hydrogen-bond donors (Lipinski definition) is 1. The largest absolute Gasteiger partial charge is 0.371 e. The summed E-state index contributed by atoms with van der Waals surface area (Å²) in [5, 5.41) is 7.06. The molecule has 4 rings (SSSR count). The Morgan fingerprint density at radius 1 is 1.30 bits per heavy atom. The predicted molar refractivity (Wildman–Crippen MR) is 82.6 cm³/mol. The van der Waals surface area contributed by atoms with E-state index in [9.17, 15) is 4.79 Å². The van der Waals surface area contributed by atoms with Crippen LogP contribution in [0.1, 0.15) is 42.8 Å². The molecule has 120 valence electrons. The predicted octanol–water partition coefficient (Wildman–Crippen LogP) is 1.80. The van der Waals surface area contributed by atoms with Gasteiger partial charge in [0, 0.05) is 25.8 Å². The second-order valence-corrected chi connectivity index (χ2v) is 6.16. The highest BCUT2D eigenvalue weighted by Gasteiger charge is 2.37. The lowest BCUT2D eigenvalue weighted by atomic mass is 9.98. The van der Waals surface area contributed by atoms with E-state index in [-0.39, 0.29) is 17.9 Å². The Morgan fingerprint density at radius 2 is 2.09 bits per heavy atom. The summed E-state index contributed by atoms with van der Waals surface area (Å²) in [5.41, 5.74) is 1.55. The summed E-state index contributed by atoms with van der Waals surface area (Å²) >= 11 is 0. The van der Waals surface area contributed by atoms with Crippen LogP contribution >= 0.6 is 0 Å². The zero-order valence-electron chi connectivity index (χ0n) is 13.0. The molecule has 7 heteroatoms. The van der Waals surface area contributed by atoms with Crippen LogP contribution in [0.25, 0.3) is 0 Å². The van der Waals surface area contributed by atoms with Crippen molar-refractivity contribution in [1.29, 1.82) is 0 Å². The Morgan fingerprint density at radius 3 is 2.74 bits per heavy atom. The Kier molecular flexibility index (Phi) is 3.57. The maximum absolute atomic E-state index is 12.6. The Labute approximate surface area is 134 Å². The van der Waals surface area contributed by atoms with E-state index in [4.69, 9.17) is 4.74 Å². The van der Waals surface area contributed by atoms with Gasteiger partial charge in [-0.3, -0.25) is 9.48 Å². The maximum atomic E-state index is 12.6. The van der Waals surface area contributed by atoms with Gasteiger partial charge in [-0.25, -0.2) is 9.97 Å². The fourth-order valence-electron chi connectivity index (χ4n) is 3.00. The lowest BCUT2D eigenvalue weighted by molar-refractivity contribution is -0.121. The van der Waals surface area contributed by atoms with Gasteiger partial charge in [-0.2, -0.15) is 5.10 Å². The van der Waals surface area contributed by atoms with Gasteiger partial charge in [0.05, 0.1) is 29.7 Å². The average Bonchev–Trinajstić information content (AvgIpc) is 3.13. The summed E-state index contributed by atoms with van der Waals surface area (Å²) in [5.74, 6) is 1.10. The van der Waals surface area contributed by atoms with Gasteiger partial charge >= 0.3 is 0 Å². The van der Waals surface area contributed by atoms with E-state index in [2.05, 4.69) is 20.4 Å². The number of ether oxygens (including phenoxy) is 1. The number of nitrogens with one attached hydrogen (secondary N) is 1. The second-order valence-electron chi connectivity index (χ2n) is 6.16. The van der Waals surface area contributed by atoms with Crippen LogP contribution in [-0.2, 0) is 16.6 Å². The smallest absolute Gasteiger partial charge is 0.230 e. The van der Waals surface area contributed by atoms with Crippen molar-refractivity contribution >= 4 is 11.6 Å². The molecule has 7 nitrogen and oxygen atoms in total. The Bertz CT molecular complexity index is 708. The minimum absolute atomic E-state index is 0.0588. The first kappa shape index (κ1) is 14.3. The fourth-order valence-corrected chi connectivity index (χ4v) is 3.00. The van der Waals surface area contributed by atoms with Crippen molar-refractivity contribution in [3.63, 3.8) is 0 Å². The van der Waals surface area contributed by atoms with Crippen LogP contribution in [0.5, 0.6) is 0 Å². The van der Waals surface area contributed by atoms with Crippen LogP contribution in [0.2, 0.25) is 0 Å². The summed E-state index contributed by atoms with van der Waals surface area (Å²) in [6, 6.07) is 1.89. The molecule has 1 saturated carbocycles. The molecule has 2 atom stereocenters.